The predicted octanol–water partition coefficient (Wildman–Crippen LogP) is 3.44. The molecule has 0 aliphatic heterocycles. The highest BCUT2D eigenvalue weighted by molar-refractivity contribution is 5.86. The zero-order chi connectivity index (χ0) is 15.1. The van der Waals surface area contributed by atoms with Gasteiger partial charge in [-0.3, -0.25) is 4.79 Å². The lowest BCUT2D eigenvalue weighted by Crippen LogP contribution is -2.40. The summed E-state index contributed by atoms with van der Waals surface area (Å²) in [5.41, 5.74) is 6.75. The van der Waals surface area contributed by atoms with Crippen LogP contribution in [0.2, 0.25) is 0 Å². The number of nitrogens with two attached hydrogens (primary N) is 1. The number of amides is 1. The van der Waals surface area contributed by atoms with Gasteiger partial charge in [-0.25, -0.2) is 0 Å². The van der Waals surface area contributed by atoms with Crippen LogP contribution in [0.5, 0.6) is 0 Å². The SMILES string of the molecule is CCCCC(CN)NC(=O)Cc1ccc2ccccc2c1.Cl. The summed E-state index contributed by atoms with van der Waals surface area (Å²) in [6.45, 7) is 2.65. The van der Waals surface area contributed by atoms with Crippen molar-refractivity contribution in [3.05, 3.63) is 48.0 Å². The third-order valence-electron chi connectivity index (χ3n) is 3.73. The molecule has 22 heavy (non-hydrogen) atoms. The molecule has 120 valence electrons. The summed E-state index contributed by atoms with van der Waals surface area (Å²) < 4.78 is 0. The van der Waals surface area contributed by atoms with E-state index in [-0.39, 0.29) is 24.4 Å². The van der Waals surface area contributed by atoms with E-state index in [1.54, 1.807) is 0 Å². The summed E-state index contributed by atoms with van der Waals surface area (Å²) in [6, 6.07) is 14.4. The molecule has 0 radical (unpaired) electrons. The molecule has 3 N–H and O–H groups in total. The first kappa shape index (κ1) is 18.5. The van der Waals surface area contributed by atoms with Crippen molar-refractivity contribution in [2.45, 2.75) is 38.6 Å². The molecular weight excluding hydrogens is 296 g/mol. The van der Waals surface area contributed by atoms with Gasteiger partial charge in [-0.15, -0.1) is 12.4 Å². The molecule has 0 spiro atoms. The molecule has 1 amide bonds. The fourth-order valence-corrected chi connectivity index (χ4v) is 2.51. The fraction of sp³-hybridized carbons (Fsp3) is 0.389. The Bertz CT molecular complexity index is 600. The Morgan fingerprint density at radius 3 is 2.59 bits per heavy atom. The Morgan fingerprint density at radius 2 is 1.91 bits per heavy atom. The van der Waals surface area contributed by atoms with Crippen molar-refractivity contribution in [3.8, 4) is 0 Å². The maximum Gasteiger partial charge on any atom is 0.224 e. The van der Waals surface area contributed by atoms with Gasteiger partial charge in [-0.05, 0) is 22.8 Å². The molecule has 0 aromatic heterocycles. The molecule has 2 aromatic rings. The Hall–Kier alpha value is -1.58. The van der Waals surface area contributed by atoms with Gasteiger partial charge in [0, 0.05) is 12.6 Å². The summed E-state index contributed by atoms with van der Waals surface area (Å²) in [5, 5.41) is 5.40. The largest absolute Gasteiger partial charge is 0.352 e. The number of benzene rings is 2. The highest BCUT2D eigenvalue weighted by atomic mass is 35.5. The van der Waals surface area contributed by atoms with Gasteiger partial charge < -0.3 is 11.1 Å². The van der Waals surface area contributed by atoms with Crippen LogP contribution in [0.15, 0.2) is 42.5 Å². The first-order valence-corrected chi connectivity index (χ1v) is 7.70. The Labute approximate surface area is 138 Å². The second-order valence-corrected chi connectivity index (χ2v) is 5.50. The molecule has 1 unspecified atom stereocenters. The monoisotopic (exact) mass is 320 g/mol. The lowest BCUT2D eigenvalue weighted by atomic mass is 10.0. The minimum Gasteiger partial charge on any atom is -0.352 e. The molecule has 0 aliphatic carbocycles. The third kappa shape index (κ3) is 5.32. The number of nitrogens with one attached hydrogen (secondary N) is 1. The van der Waals surface area contributed by atoms with Crippen LogP contribution >= 0.6 is 12.4 Å². The lowest BCUT2D eigenvalue weighted by molar-refractivity contribution is -0.121. The van der Waals surface area contributed by atoms with Crippen molar-refractivity contribution in [3.63, 3.8) is 0 Å². The van der Waals surface area contributed by atoms with Crippen molar-refractivity contribution in [1.29, 1.82) is 0 Å². The molecule has 2 aromatic carbocycles. The number of halogens is 1. The third-order valence-corrected chi connectivity index (χ3v) is 3.73. The zero-order valence-corrected chi connectivity index (χ0v) is 13.9. The summed E-state index contributed by atoms with van der Waals surface area (Å²) in [4.78, 5) is 12.1. The van der Waals surface area contributed by atoms with E-state index < -0.39 is 0 Å². The highest BCUT2D eigenvalue weighted by Gasteiger charge is 2.10. The zero-order valence-electron chi connectivity index (χ0n) is 13.0. The summed E-state index contributed by atoms with van der Waals surface area (Å²) in [7, 11) is 0. The van der Waals surface area contributed by atoms with Crippen LogP contribution in [0.1, 0.15) is 31.7 Å². The van der Waals surface area contributed by atoms with E-state index in [9.17, 15) is 4.79 Å². The first-order valence-electron chi connectivity index (χ1n) is 7.70. The molecule has 0 heterocycles. The van der Waals surface area contributed by atoms with Gasteiger partial charge in [0.1, 0.15) is 0 Å². The van der Waals surface area contributed by atoms with Gasteiger partial charge in [0.25, 0.3) is 0 Å². The summed E-state index contributed by atoms with van der Waals surface area (Å²) >= 11 is 0. The molecule has 0 fully saturated rings. The Balaban J connectivity index is 0.00000242. The van der Waals surface area contributed by atoms with Crippen molar-refractivity contribution in [1.82, 2.24) is 5.32 Å². The maximum absolute atomic E-state index is 12.1. The Kier molecular flexibility index (Phi) is 7.92. The number of hydrogen-bond acceptors (Lipinski definition) is 2. The van der Waals surface area contributed by atoms with Gasteiger partial charge in [-0.1, -0.05) is 62.2 Å². The second kappa shape index (κ2) is 9.44. The fourth-order valence-electron chi connectivity index (χ4n) is 2.51. The van der Waals surface area contributed by atoms with Crippen molar-refractivity contribution >= 4 is 29.1 Å². The molecule has 0 bridgehead atoms. The molecular formula is C18H25ClN2O. The van der Waals surface area contributed by atoms with Crippen molar-refractivity contribution < 1.29 is 4.79 Å². The molecule has 0 saturated carbocycles. The van der Waals surface area contributed by atoms with E-state index in [4.69, 9.17) is 5.73 Å². The number of rotatable bonds is 7. The molecule has 2 rings (SSSR count). The smallest absolute Gasteiger partial charge is 0.224 e. The van der Waals surface area contributed by atoms with Crippen molar-refractivity contribution in [2.75, 3.05) is 6.54 Å². The van der Waals surface area contributed by atoms with E-state index in [1.807, 2.05) is 18.2 Å². The highest BCUT2D eigenvalue weighted by Crippen LogP contribution is 2.16. The minimum absolute atomic E-state index is 0. The second-order valence-electron chi connectivity index (χ2n) is 5.50. The number of carbonyl (C=O) groups excluding carboxylic acids is 1. The summed E-state index contributed by atoms with van der Waals surface area (Å²) in [5.74, 6) is 0.0526. The van der Waals surface area contributed by atoms with Crippen LogP contribution in [-0.4, -0.2) is 18.5 Å². The lowest BCUT2D eigenvalue weighted by Gasteiger charge is -2.16. The average molecular weight is 321 g/mol. The van der Waals surface area contributed by atoms with E-state index in [0.29, 0.717) is 13.0 Å². The predicted molar refractivity (Wildman–Crippen MR) is 95.4 cm³/mol. The molecule has 0 saturated heterocycles. The van der Waals surface area contributed by atoms with Crippen LogP contribution in [0.4, 0.5) is 0 Å². The summed E-state index contributed by atoms with van der Waals surface area (Å²) in [6.07, 6.45) is 3.58. The number of carbonyl (C=O) groups is 1. The van der Waals surface area contributed by atoms with Crippen LogP contribution in [0, 0.1) is 0 Å². The quantitative estimate of drug-likeness (QED) is 0.821. The molecule has 1 atom stereocenters. The number of fused-ring (bicyclic) bond motifs is 1. The van der Waals surface area contributed by atoms with Crippen LogP contribution in [-0.2, 0) is 11.2 Å². The van der Waals surface area contributed by atoms with E-state index in [0.717, 1.165) is 24.8 Å². The normalized spacial score (nSPS) is 11.7. The van der Waals surface area contributed by atoms with Crippen LogP contribution in [0.25, 0.3) is 10.8 Å². The molecule has 0 aliphatic rings. The van der Waals surface area contributed by atoms with Gasteiger partial charge in [0.2, 0.25) is 5.91 Å². The standard InChI is InChI=1S/C18H24N2O.ClH/c1-2-3-8-17(13-19)20-18(21)12-14-9-10-15-6-4-5-7-16(15)11-14;/h4-7,9-11,17H,2-3,8,12-13,19H2,1H3,(H,20,21);1H. The van der Waals surface area contributed by atoms with Gasteiger partial charge >= 0.3 is 0 Å². The maximum atomic E-state index is 12.1. The first-order chi connectivity index (χ1) is 10.2. The van der Waals surface area contributed by atoms with Crippen LogP contribution < -0.4 is 11.1 Å². The van der Waals surface area contributed by atoms with E-state index in [1.165, 1.54) is 10.8 Å². The molecule has 4 heteroatoms. The average Bonchev–Trinajstić information content (AvgIpc) is 2.51. The minimum atomic E-state index is 0. The van der Waals surface area contributed by atoms with E-state index >= 15 is 0 Å². The van der Waals surface area contributed by atoms with Gasteiger partial charge in [0.05, 0.1) is 6.42 Å². The van der Waals surface area contributed by atoms with E-state index in [2.05, 4.69) is 36.5 Å². The van der Waals surface area contributed by atoms with Gasteiger partial charge in [0.15, 0.2) is 0 Å². The number of hydrogen-bond donors (Lipinski definition) is 2. The Morgan fingerprint density at radius 1 is 1.18 bits per heavy atom. The van der Waals surface area contributed by atoms with Crippen molar-refractivity contribution in [2.24, 2.45) is 5.73 Å². The van der Waals surface area contributed by atoms with Crippen LogP contribution in [0.3, 0.4) is 0 Å². The topological polar surface area (TPSA) is 55.1 Å². The number of unbranched alkanes of at least 4 members (excludes halogenated alkanes) is 1. The van der Waals surface area contributed by atoms with Gasteiger partial charge in [-0.2, -0.15) is 0 Å². The molecule has 3 nitrogen and oxygen atoms in total.